The molecule has 2 aromatic rings. The molecule has 0 atom stereocenters. The van der Waals surface area contributed by atoms with Gasteiger partial charge in [-0.25, -0.2) is 0 Å². The molecule has 0 aromatic heterocycles. The van der Waals surface area contributed by atoms with Crippen LogP contribution in [0.5, 0.6) is 11.5 Å². The van der Waals surface area contributed by atoms with Gasteiger partial charge in [0.25, 0.3) is 0 Å². The van der Waals surface area contributed by atoms with Crippen molar-refractivity contribution in [3.63, 3.8) is 0 Å². The maximum absolute atomic E-state index is 9.22. The number of hydrogen-bond donors (Lipinski definition) is 2. The second kappa shape index (κ2) is 7.74. The molecule has 0 aliphatic rings. The Morgan fingerprint density at radius 2 is 1.21 bits per heavy atom. The normalized spacial score (nSPS) is 9.74. The number of rotatable bonds is 0. The fraction of sp³-hybridized carbons (Fsp3) is 0. The van der Waals surface area contributed by atoms with Crippen molar-refractivity contribution in [2.45, 2.75) is 0 Å². The molecule has 0 heterocycles. The first-order valence-electron chi connectivity index (χ1n) is 4.79. The van der Waals surface area contributed by atoms with Gasteiger partial charge in [0.1, 0.15) is 5.75 Å². The summed E-state index contributed by atoms with van der Waals surface area (Å²) >= 11 is 20.6. The topological polar surface area (TPSA) is 40.5 Å². The summed E-state index contributed by atoms with van der Waals surface area (Å²) < 4.78 is 2.27. The number of hydrogen-bond acceptors (Lipinski definition) is 2. The third-order valence-electron chi connectivity index (χ3n) is 1.92. The summed E-state index contributed by atoms with van der Waals surface area (Å²) in [6.07, 6.45) is 0. The van der Waals surface area contributed by atoms with E-state index in [1.165, 1.54) is 0 Å². The maximum Gasteiger partial charge on any atom is 0.152 e. The fourth-order valence-corrected chi connectivity index (χ4v) is 3.68. The quantitative estimate of drug-likeness (QED) is 0.447. The molecule has 2 rings (SSSR count). The maximum atomic E-state index is 9.22. The lowest BCUT2D eigenvalue weighted by Crippen LogP contribution is -1.71. The molecule has 0 bridgehead atoms. The third kappa shape index (κ3) is 5.16. The highest BCUT2D eigenvalue weighted by Crippen LogP contribution is 2.34. The molecule has 0 spiro atoms. The van der Waals surface area contributed by atoms with E-state index in [1.54, 1.807) is 30.3 Å². The van der Waals surface area contributed by atoms with Gasteiger partial charge in [0.2, 0.25) is 0 Å². The van der Waals surface area contributed by atoms with E-state index < -0.39 is 0 Å². The van der Waals surface area contributed by atoms with Crippen LogP contribution in [0.3, 0.4) is 0 Å². The van der Waals surface area contributed by atoms with Crippen molar-refractivity contribution in [2.75, 3.05) is 0 Å². The van der Waals surface area contributed by atoms with Gasteiger partial charge in [-0.05, 0) is 56.1 Å². The molecule has 0 saturated heterocycles. The predicted molar refractivity (Wildman–Crippen MR) is 89.3 cm³/mol. The van der Waals surface area contributed by atoms with Crippen LogP contribution >= 0.6 is 71.0 Å². The van der Waals surface area contributed by atoms with Crippen molar-refractivity contribution in [1.82, 2.24) is 0 Å². The summed E-state index contributed by atoms with van der Waals surface area (Å²) in [5.41, 5.74) is 0. The number of aromatic hydroxyl groups is 2. The lowest BCUT2D eigenvalue weighted by Gasteiger charge is -1.99. The minimum absolute atomic E-state index is 0.0548. The van der Waals surface area contributed by atoms with Crippen molar-refractivity contribution in [2.24, 2.45) is 0 Å². The zero-order valence-electron chi connectivity index (χ0n) is 9.17. The van der Waals surface area contributed by atoms with Gasteiger partial charge in [0.05, 0.1) is 19.0 Å². The third-order valence-corrected chi connectivity index (χ3v) is 4.20. The Kier molecular flexibility index (Phi) is 6.97. The number of phenols is 2. The molecule has 102 valence electrons. The van der Waals surface area contributed by atoms with Gasteiger partial charge < -0.3 is 10.2 Å². The average Bonchev–Trinajstić information content (AvgIpc) is 2.33. The van der Waals surface area contributed by atoms with Crippen molar-refractivity contribution in [1.29, 1.82) is 0 Å². The van der Waals surface area contributed by atoms with Crippen LogP contribution in [0.15, 0.2) is 43.7 Å². The molecule has 2 nitrogen and oxygen atoms in total. The van der Waals surface area contributed by atoms with Crippen molar-refractivity contribution in [3.05, 3.63) is 53.8 Å². The Balaban J connectivity index is 0.000000191. The van der Waals surface area contributed by atoms with Crippen LogP contribution in [0.1, 0.15) is 0 Å². The van der Waals surface area contributed by atoms with E-state index in [0.29, 0.717) is 8.95 Å². The van der Waals surface area contributed by atoms with Gasteiger partial charge in [-0.2, -0.15) is 0 Å². The van der Waals surface area contributed by atoms with Crippen LogP contribution < -0.4 is 0 Å². The Morgan fingerprint density at radius 1 is 0.789 bits per heavy atom. The second-order valence-corrected chi connectivity index (χ2v) is 6.73. The summed E-state index contributed by atoms with van der Waals surface area (Å²) in [6.45, 7) is 0. The first-order valence-corrected chi connectivity index (χ1v) is 7.93. The molecule has 0 unspecified atom stereocenters. The molecule has 19 heavy (non-hydrogen) atoms. The Morgan fingerprint density at radius 3 is 1.58 bits per heavy atom. The fourth-order valence-electron chi connectivity index (χ4n) is 1.02. The molecule has 0 aliphatic carbocycles. The highest BCUT2D eigenvalue weighted by atomic mass is 79.9. The minimum Gasteiger partial charge on any atom is -0.506 e. The Hall–Kier alpha value is 0.0600. The molecule has 2 N–H and O–H groups in total. The highest BCUT2D eigenvalue weighted by Gasteiger charge is 2.03. The first-order chi connectivity index (χ1) is 8.82. The second-order valence-electron chi connectivity index (χ2n) is 3.29. The van der Waals surface area contributed by atoms with Crippen LogP contribution in [0.4, 0.5) is 0 Å². The molecule has 0 aliphatic heterocycles. The zero-order chi connectivity index (χ0) is 14.6. The summed E-state index contributed by atoms with van der Waals surface area (Å²) in [7, 11) is 0. The number of halogens is 5. The van der Waals surface area contributed by atoms with E-state index in [2.05, 4.69) is 47.8 Å². The molecule has 7 heteroatoms. The largest absolute Gasteiger partial charge is 0.506 e. The van der Waals surface area contributed by atoms with Gasteiger partial charge in [-0.3, -0.25) is 0 Å². The summed E-state index contributed by atoms with van der Waals surface area (Å²) in [5, 5.41) is 18.7. The van der Waals surface area contributed by atoms with Crippen molar-refractivity contribution < 1.29 is 10.2 Å². The number of para-hydroxylation sites is 1. The van der Waals surface area contributed by atoms with Crippen molar-refractivity contribution >= 4 is 71.0 Å². The predicted octanol–water partition coefficient (Wildman–Crippen LogP) is 6.38. The molecule has 0 fully saturated rings. The van der Waals surface area contributed by atoms with Gasteiger partial charge in [0, 0.05) is 4.47 Å². The Bertz CT molecular complexity index is 548. The van der Waals surface area contributed by atoms with Crippen LogP contribution in [0.25, 0.3) is 0 Å². The highest BCUT2D eigenvalue weighted by molar-refractivity contribution is 9.11. The van der Waals surface area contributed by atoms with Gasteiger partial charge in [-0.15, -0.1) is 0 Å². The molecular weight excluding hydrogens is 487 g/mol. The van der Waals surface area contributed by atoms with Crippen LogP contribution in [0, 0.1) is 0 Å². The van der Waals surface area contributed by atoms with E-state index in [-0.39, 0.29) is 21.5 Å². The lowest BCUT2D eigenvalue weighted by molar-refractivity contribution is 0.468. The standard InChI is InChI=1S/C6H3Br3O.C6H4Cl2O/c7-3-1-4(8)6(10)5(9)2-3;7-4-2-1-3-5(8)6(4)9/h1-2,10H;1-3,9H. The number of phenolic OH excluding ortho intramolecular Hbond substituents is 2. The van der Waals surface area contributed by atoms with Crippen LogP contribution in [0.2, 0.25) is 10.0 Å². The molecule has 0 amide bonds. The molecular formula is C12H7Br3Cl2O2. The minimum atomic E-state index is -0.0548. The SMILES string of the molecule is Oc1c(Br)cc(Br)cc1Br.Oc1c(Cl)cccc1Cl. The average molecular weight is 494 g/mol. The van der Waals surface area contributed by atoms with Gasteiger partial charge >= 0.3 is 0 Å². The summed E-state index contributed by atoms with van der Waals surface area (Å²) in [5.74, 6) is 0.170. The van der Waals surface area contributed by atoms with E-state index >= 15 is 0 Å². The summed E-state index contributed by atoms with van der Waals surface area (Å²) in [6, 6.07) is 8.37. The van der Waals surface area contributed by atoms with Crippen LogP contribution in [-0.4, -0.2) is 10.2 Å². The van der Waals surface area contributed by atoms with E-state index in [9.17, 15) is 5.11 Å². The molecule has 0 radical (unpaired) electrons. The summed E-state index contributed by atoms with van der Waals surface area (Å²) in [4.78, 5) is 0. The number of benzene rings is 2. The van der Waals surface area contributed by atoms with Gasteiger partial charge in [0.15, 0.2) is 5.75 Å². The first kappa shape index (κ1) is 17.1. The molecule has 0 saturated carbocycles. The molecule has 2 aromatic carbocycles. The smallest absolute Gasteiger partial charge is 0.152 e. The lowest BCUT2D eigenvalue weighted by atomic mass is 10.3. The van der Waals surface area contributed by atoms with E-state index in [0.717, 1.165) is 4.47 Å². The zero-order valence-corrected chi connectivity index (χ0v) is 15.4. The van der Waals surface area contributed by atoms with E-state index in [1.807, 2.05) is 0 Å². The monoisotopic (exact) mass is 490 g/mol. The van der Waals surface area contributed by atoms with E-state index in [4.69, 9.17) is 28.3 Å². The van der Waals surface area contributed by atoms with Gasteiger partial charge in [-0.1, -0.05) is 45.2 Å². The van der Waals surface area contributed by atoms with Crippen LogP contribution in [-0.2, 0) is 0 Å². The van der Waals surface area contributed by atoms with Crippen molar-refractivity contribution in [3.8, 4) is 11.5 Å². The Labute approximate surface area is 145 Å².